The monoisotopic (exact) mass is 391 g/mol. The Morgan fingerprint density at radius 1 is 1.10 bits per heavy atom. The molecule has 0 aromatic heterocycles. The fourth-order valence-corrected chi connectivity index (χ4v) is 4.53. The SMILES string of the molecule is CCC[C@@]1(c2ccccc2)NC(=O)N(CC(=O)N2c3ccccc3C[C@@H]2C)C1=O. The maximum atomic E-state index is 13.4. The quantitative estimate of drug-likeness (QED) is 0.796. The van der Waals surface area contributed by atoms with Gasteiger partial charge in [0.15, 0.2) is 0 Å². The number of benzene rings is 2. The van der Waals surface area contributed by atoms with Gasteiger partial charge in [0, 0.05) is 11.7 Å². The number of anilines is 1. The smallest absolute Gasteiger partial charge is 0.319 e. The number of rotatable bonds is 5. The van der Waals surface area contributed by atoms with E-state index in [4.69, 9.17) is 0 Å². The number of hydrogen-bond acceptors (Lipinski definition) is 3. The Bertz CT molecular complexity index is 959. The third-order valence-corrected chi connectivity index (χ3v) is 5.84. The number of fused-ring (bicyclic) bond motifs is 1. The molecule has 1 fully saturated rings. The molecule has 2 aromatic carbocycles. The van der Waals surface area contributed by atoms with Crippen LogP contribution in [0.25, 0.3) is 0 Å². The van der Waals surface area contributed by atoms with Gasteiger partial charge >= 0.3 is 6.03 Å². The topological polar surface area (TPSA) is 69.7 Å². The van der Waals surface area contributed by atoms with Gasteiger partial charge in [-0.15, -0.1) is 0 Å². The molecule has 0 radical (unpaired) electrons. The van der Waals surface area contributed by atoms with Gasteiger partial charge in [0.1, 0.15) is 12.1 Å². The Morgan fingerprint density at radius 3 is 2.52 bits per heavy atom. The van der Waals surface area contributed by atoms with Crippen molar-refractivity contribution in [3.63, 3.8) is 0 Å². The van der Waals surface area contributed by atoms with Crippen LogP contribution < -0.4 is 10.2 Å². The van der Waals surface area contributed by atoms with Crippen molar-refractivity contribution >= 4 is 23.5 Å². The molecule has 1 saturated heterocycles. The average Bonchev–Trinajstić information content (AvgIpc) is 3.18. The molecule has 6 nitrogen and oxygen atoms in total. The molecule has 150 valence electrons. The molecule has 4 rings (SSSR count). The summed E-state index contributed by atoms with van der Waals surface area (Å²) in [7, 11) is 0. The second kappa shape index (κ2) is 7.35. The van der Waals surface area contributed by atoms with E-state index >= 15 is 0 Å². The first-order valence-electron chi connectivity index (χ1n) is 10.1. The summed E-state index contributed by atoms with van der Waals surface area (Å²) in [6.45, 7) is 3.69. The molecule has 2 atom stereocenters. The maximum Gasteiger partial charge on any atom is 0.325 e. The highest BCUT2D eigenvalue weighted by Crippen LogP contribution is 2.35. The molecular formula is C23H25N3O3. The number of imide groups is 1. The van der Waals surface area contributed by atoms with E-state index in [1.165, 1.54) is 0 Å². The summed E-state index contributed by atoms with van der Waals surface area (Å²) in [6.07, 6.45) is 1.97. The highest BCUT2D eigenvalue weighted by atomic mass is 16.2. The number of nitrogens with one attached hydrogen (secondary N) is 1. The second-order valence-corrected chi connectivity index (χ2v) is 7.79. The van der Waals surface area contributed by atoms with Crippen LogP contribution >= 0.6 is 0 Å². The molecule has 2 aliphatic heterocycles. The third-order valence-electron chi connectivity index (χ3n) is 5.84. The summed E-state index contributed by atoms with van der Waals surface area (Å²) in [5, 5.41) is 2.88. The van der Waals surface area contributed by atoms with Crippen molar-refractivity contribution in [2.45, 2.75) is 44.7 Å². The molecule has 2 heterocycles. The molecule has 6 heteroatoms. The lowest BCUT2D eigenvalue weighted by atomic mass is 9.85. The number of carbonyl (C=O) groups is 3. The van der Waals surface area contributed by atoms with Crippen LogP contribution in [0.4, 0.5) is 10.5 Å². The van der Waals surface area contributed by atoms with Crippen LogP contribution in [0.2, 0.25) is 0 Å². The van der Waals surface area contributed by atoms with E-state index in [2.05, 4.69) is 5.32 Å². The second-order valence-electron chi connectivity index (χ2n) is 7.79. The van der Waals surface area contributed by atoms with Crippen molar-refractivity contribution in [2.75, 3.05) is 11.4 Å². The zero-order chi connectivity index (χ0) is 20.6. The normalized spacial score (nSPS) is 23.3. The Balaban J connectivity index is 1.61. The molecule has 0 spiro atoms. The summed E-state index contributed by atoms with van der Waals surface area (Å²) in [6, 6.07) is 16.5. The predicted molar refractivity (Wildman–Crippen MR) is 110 cm³/mol. The predicted octanol–water partition coefficient (Wildman–Crippen LogP) is 3.21. The maximum absolute atomic E-state index is 13.4. The molecule has 0 aliphatic carbocycles. The highest BCUT2D eigenvalue weighted by Gasteiger charge is 2.52. The number of urea groups is 1. The number of nitrogens with zero attached hydrogens (tertiary/aromatic N) is 2. The van der Waals surface area contributed by atoms with Crippen molar-refractivity contribution < 1.29 is 14.4 Å². The van der Waals surface area contributed by atoms with E-state index in [1.54, 1.807) is 4.90 Å². The van der Waals surface area contributed by atoms with Crippen LogP contribution in [0.1, 0.15) is 37.8 Å². The van der Waals surface area contributed by atoms with E-state index in [-0.39, 0.29) is 24.4 Å². The molecule has 0 unspecified atom stereocenters. The van der Waals surface area contributed by atoms with Crippen molar-refractivity contribution in [3.8, 4) is 0 Å². The minimum atomic E-state index is -1.11. The van der Waals surface area contributed by atoms with Crippen LogP contribution in [0.15, 0.2) is 54.6 Å². The third kappa shape index (κ3) is 3.09. The Morgan fingerprint density at radius 2 is 1.79 bits per heavy atom. The molecule has 2 aromatic rings. The lowest BCUT2D eigenvalue weighted by Crippen LogP contribution is -2.47. The van der Waals surface area contributed by atoms with Gasteiger partial charge in [-0.25, -0.2) is 4.79 Å². The molecule has 29 heavy (non-hydrogen) atoms. The van der Waals surface area contributed by atoms with Gasteiger partial charge in [-0.05, 0) is 37.0 Å². The van der Waals surface area contributed by atoms with E-state index < -0.39 is 11.6 Å². The first-order chi connectivity index (χ1) is 14.0. The first-order valence-corrected chi connectivity index (χ1v) is 10.1. The van der Waals surface area contributed by atoms with Crippen LogP contribution in [-0.4, -0.2) is 35.3 Å². The summed E-state index contributed by atoms with van der Waals surface area (Å²) >= 11 is 0. The minimum absolute atomic E-state index is 0.00445. The summed E-state index contributed by atoms with van der Waals surface area (Å²) in [4.78, 5) is 42.0. The molecule has 0 bridgehead atoms. The molecule has 4 amide bonds. The van der Waals surface area contributed by atoms with Crippen molar-refractivity contribution in [3.05, 3.63) is 65.7 Å². The Kier molecular flexibility index (Phi) is 4.86. The fourth-order valence-electron chi connectivity index (χ4n) is 4.53. The van der Waals surface area contributed by atoms with Gasteiger partial charge in [-0.1, -0.05) is 61.9 Å². The molecule has 1 N–H and O–H groups in total. The minimum Gasteiger partial charge on any atom is -0.319 e. The molecule has 0 saturated carbocycles. The van der Waals surface area contributed by atoms with E-state index in [1.807, 2.05) is 68.4 Å². The number of para-hydroxylation sites is 1. The van der Waals surface area contributed by atoms with E-state index in [9.17, 15) is 14.4 Å². The lowest BCUT2D eigenvalue weighted by molar-refractivity contribution is -0.135. The zero-order valence-electron chi connectivity index (χ0n) is 16.7. The zero-order valence-corrected chi connectivity index (χ0v) is 16.7. The van der Waals surface area contributed by atoms with Gasteiger partial charge in [0.05, 0.1) is 0 Å². The fraction of sp³-hybridized carbons (Fsp3) is 0.348. The number of hydrogen-bond donors (Lipinski definition) is 1. The largest absolute Gasteiger partial charge is 0.325 e. The van der Waals surface area contributed by atoms with Crippen molar-refractivity contribution in [1.82, 2.24) is 10.2 Å². The lowest BCUT2D eigenvalue weighted by Gasteiger charge is -2.28. The average molecular weight is 391 g/mol. The van der Waals surface area contributed by atoms with Crippen LogP contribution in [0.3, 0.4) is 0 Å². The number of amides is 4. The molecular weight excluding hydrogens is 366 g/mol. The van der Waals surface area contributed by atoms with E-state index in [0.717, 1.165) is 34.6 Å². The molecule has 2 aliphatic rings. The summed E-state index contributed by atoms with van der Waals surface area (Å²) in [5.41, 5.74) is 1.60. The number of carbonyl (C=O) groups excluding carboxylic acids is 3. The van der Waals surface area contributed by atoms with Gasteiger partial charge in [-0.2, -0.15) is 0 Å². The van der Waals surface area contributed by atoms with Crippen LogP contribution in [0, 0.1) is 0 Å². The highest BCUT2D eigenvalue weighted by molar-refractivity contribution is 6.11. The van der Waals surface area contributed by atoms with Gasteiger partial charge in [-0.3, -0.25) is 14.5 Å². The Hall–Kier alpha value is -3.15. The first kappa shape index (κ1) is 19.2. The van der Waals surface area contributed by atoms with Crippen LogP contribution in [0.5, 0.6) is 0 Å². The summed E-state index contributed by atoms with van der Waals surface area (Å²) < 4.78 is 0. The van der Waals surface area contributed by atoms with Crippen LogP contribution in [-0.2, 0) is 21.5 Å². The standard InChI is InChI=1S/C23H25N3O3/c1-3-13-23(18-10-5-4-6-11-18)21(28)25(22(29)24-23)15-20(27)26-16(2)14-17-9-7-8-12-19(17)26/h4-12,16H,3,13-15H2,1-2H3,(H,24,29)/t16-,23-/m0/s1. The van der Waals surface area contributed by atoms with Crippen molar-refractivity contribution in [1.29, 1.82) is 0 Å². The van der Waals surface area contributed by atoms with Gasteiger partial charge < -0.3 is 10.2 Å². The summed E-state index contributed by atoms with van der Waals surface area (Å²) in [5.74, 6) is -0.602. The van der Waals surface area contributed by atoms with Gasteiger partial charge in [0.2, 0.25) is 5.91 Å². The van der Waals surface area contributed by atoms with Crippen molar-refractivity contribution in [2.24, 2.45) is 0 Å². The van der Waals surface area contributed by atoms with E-state index in [0.29, 0.717) is 6.42 Å². The Labute approximate surface area is 170 Å². The van der Waals surface area contributed by atoms with Gasteiger partial charge in [0.25, 0.3) is 5.91 Å².